The highest BCUT2D eigenvalue weighted by Crippen LogP contribution is 2.27. The fourth-order valence-corrected chi connectivity index (χ4v) is 3.51. The molecule has 5 heteroatoms. The third kappa shape index (κ3) is 4.17. The number of hydrogen-bond donors (Lipinski definition) is 3. The maximum absolute atomic E-state index is 12.4. The summed E-state index contributed by atoms with van der Waals surface area (Å²) in [7, 11) is 0. The van der Waals surface area contributed by atoms with Crippen LogP contribution in [-0.2, 0) is 0 Å². The number of piperidine rings is 1. The van der Waals surface area contributed by atoms with Gasteiger partial charge in [0.2, 0.25) is 0 Å². The topological polar surface area (TPSA) is 80.0 Å². The molecule has 1 aliphatic rings. The molecule has 0 unspecified atom stereocenters. The average Bonchev–Trinajstić information content (AvgIpc) is 2.60. The van der Waals surface area contributed by atoms with Gasteiger partial charge in [0.1, 0.15) is 5.82 Å². The smallest absolute Gasteiger partial charge is 0.251 e. The van der Waals surface area contributed by atoms with Gasteiger partial charge in [0.05, 0.1) is 0 Å². The van der Waals surface area contributed by atoms with Crippen molar-refractivity contribution in [3.05, 3.63) is 47.2 Å². The van der Waals surface area contributed by atoms with Crippen LogP contribution in [0.3, 0.4) is 0 Å². The summed E-state index contributed by atoms with van der Waals surface area (Å²) in [5.74, 6) is 1.11. The van der Waals surface area contributed by atoms with Crippen molar-refractivity contribution in [2.24, 2.45) is 5.92 Å². The fourth-order valence-electron chi connectivity index (χ4n) is 3.51. The van der Waals surface area contributed by atoms with E-state index in [1.807, 2.05) is 44.2 Å². The van der Waals surface area contributed by atoms with Gasteiger partial charge < -0.3 is 16.4 Å². The molecule has 1 amide bonds. The lowest BCUT2D eigenvalue weighted by molar-refractivity contribution is 0.0944. The first-order chi connectivity index (χ1) is 12.0. The van der Waals surface area contributed by atoms with E-state index >= 15 is 0 Å². The summed E-state index contributed by atoms with van der Waals surface area (Å²) in [6, 6.07) is 9.59. The normalized spacial score (nSPS) is 15.1. The third-order valence-electron chi connectivity index (χ3n) is 4.86. The summed E-state index contributed by atoms with van der Waals surface area (Å²) < 4.78 is 0. The standard InChI is InChI=1S/C20H26N4O/c1-13-11-18(21)24-14(2)19(13)16-3-5-17(6-4-16)20(25)23-12-15-7-9-22-10-8-15/h3-6,11,15,22H,7-10,12H2,1-2H3,(H2,21,24)(H,23,25). The number of benzene rings is 1. The average molecular weight is 338 g/mol. The molecule has 2 aromatic rings. The van der Waals surface area contributed by atoms with Crippen LogP contribution in [0.1, 0.15) is 34.5 Å². The third-order valence-corrected chi connectivity index (χ3v) is 4.86. The second kappa shape index (κ2) is 7.66. The van der Waals surface area contributed by atoms with Crippen molar-refractivity contribution >= 4 is 11.7 Å². The van der Waals surface area contributed by atoms with Crippen molar-refractivity contribution in [1.82, 2.24) is 15.6 Å². The van der Waals surface area contributed by atoms with Crippen LogP contribution < -0.4 is 16.4 Å². The minimum absolute atomic E-state index is 0.00559. The van der Waals surface area contributed by atoms with Gasteiger partial charge in [0.15, 0.2) is 0 Å². The highest BCUT2D eigenvalue weighted by atomic mass is 16.1. The van der Waals surface area contributed by atoms with Gasteiger partial charge in [-0.25, -0.2) is 4.98 Å². The van der Waals surface area contributed by atoms with Crippen molar-refractivity contribution in [1.29, 1.82) is 0 Å². The number of hydrogen-bond acceptors (Lipinski definition) is 4. The number of nitrogens with two attached hydrogens (primary N) is 1. The van der Waals surface area contributed by atoms with E-state index in [0.717, 1.165) is 54.9 Å². The van der Waals surface area contributed by atoms with Gasteiger partial charge in [0.25, 0.3) is 5.91 Å². The van der Waals surface area contributed by atoms with Crippen molar-refractivity contribution in [3.63, 3.8) is 0 Å². The van der Waals surface area contributed by atoms with Crippen LogP contribution in [0.25, 0.3) is 11.1 Å². The highest BCUT2D eigenvalue weighted by molar-refractivity contribution is 5.94. The molecule has 5 nitrogen and oxygen atoms in total. The number of anilines is 1. The van der Waals surface area contributed by atoms with E-state index in [4.69, 9.17) is 5.73 Å². The zero-order chi connectivity index (χ0) is 17.8. The van der Waals surface area contributed by atoms with Gasteiger partial charge in [0, 0.05) is 23.4 Å². The minimum atomic E-state index is -0.00559. The molecule has 1 aliphatic heterocycles. The number of aryl methyl sites for hydroxylation is 2. The molecule has 0 saturated carbocycles. The first kappa shape index (κ1) is 17.4. The van der Waals surface area contributed by atoms with E-state index in [1.54, 1.807) is 0 Å². The first-order valence-corrected chi connectivity index (χ1v) is 8.87. The molecule has 25 heavy (non-hydrogen) atoms. The van der Waals surface area contributed by atoms with E-state index in [2.05, 4.69) is 15.6 Å². The molecular formula is C20H26N4O. The minimum Gasteiger partial charge on any atom is -0.384 e. The number of carbonyl (C=O) groups excluding carboxylic acids is 1. The van der Waals surface area contributed by atoms with Crippen LogP contribution >= 0.6 is 0 Å². The predicted octanol–water partition coefficient (Wildman–Crippen LogP) is 2.68. The number of carbonyl (C=O) groups is 1. The van der Waals surface area contributed by atoms with Gasteiger partial charge >= 0.3 is 0 Å². The number of amides is 1. The number of nitrogen functional groups attached to an aromatic ring is 1. The Bertz CT molecular complexity index is 726. The SMILES string of the molecule is Cc1cc(N)nc(C)c1-c1ccc(C(=O)NCC2CCNCC2)cc1. The molecule has 0 radical (unpaired) electrons. The van der Waals surface area contributed by atoms with Crippen LogP contribution in [0.2, 0.25) is 0 Å². The van der Waals surface area contributed by atoms with Crippen LogP contribution in [0.5, 0.6) is 0 Å². The largest absolute Gasteiger partial charge is 0.384 e. The zero-order valence-corrected chi connectivity index (χ0v) is 14.9. The fraction of sp³-hybridized carbons (Fsp3) is 0.400. The molecule has 0 aliphatic carbocycles. The lowest BCUT2D eigenvalue weighted by atomic mass is 9.97. The highest BCUT2D eigenvalue weighted by Gasteiger charge is 2.15. The molecule has 0 spiro atoms. The summed E-state index contributed by atoms with van der Waals surface area (Å²) in [5, 5.41) is 6.41. The number of nitrogens with zero attached hydrogens (tertiary/aromatic N) is 1. The zero-order valence-electron chi connectivity index (χ0n) is 14.9. The summed E-state index contributed by atoms with van der Waals surface area (Å²) in [6.07, 6.45) is 2.25. The predicted molar refractivity (Wildman–Crippen MR) is 101 cm³/mol. The number of rotatable bonds is 4. The molecule has 1 fully saturated rings. The van der Waals surface area contributed by atoms with Crippen molar-refractivity contribution < 1.29 is 4.79 Å². The van der Waals surface area contributed by atoms with E-state index in [9.17, 15) is 4.79 Å². The Morgan fingerprint density at radius 2 is 1.92 bits per heavy atom. The molecule has 132 valence electrons. The molecule has 2 heterocycles. The van der Waals surface area contributed by atoms with Gasteiger partial charge in [-0.15, -0.1) is 0 Å². The van der Waals surface area contributed by atoms with Crippen LogP contribution in [0.4, 0.5) is 5.82 Å². The van der Waals surface area contributed by atoms with Gasteiger partial charge in [-0.1, -0.05) is 12.1 Å². The van der Waals surface area contributed by atoms with Gasteiger partial charge in [-0.2, -0.15) is 0 Å². The molecular weight excluding hydrogens is 312 g/mol. The Morgan fingerprint density at radius 3 is 2.56 bits per heavy atom. The summed E-state index contributed by atoms with van der Waals surface area (Å²) in [4.78, 5) is 16.7. The van der Waals surface area contributed by atoms with E-state index in [0.29, 0.717) is 17.3 Å². The molecule has 1 aromatic carbocycles. The maximum Gasteiger partial charge on any atom is 0.251 e. The van der Waals surface area contributed by atoms with Crippen molar-refractivity contribution in [2.45, 2.75) is 26.7 Å². The first-order valence-electron chi connectivity index (χ1n) is 8.87. The number of pyridine rings is 1. The summed E-state index contributed by atoms with van der Waals surface area (Å²) in [5.41, 5.74) is 10.6. The molecule has 0 bridgehead atoms. The van der Waals surface area contributed by atoms with E-state index < -0.39 is 0 Å². The quantitative estimate of drug-likeness (QED) is 0.801. The van der Waals surface area contributed by atoms with Crippen molar-refractivity contribution in [2.75, 3.05) is 25.4 Å². The second-order valence-electron chi connectivity index (χ2n) is 6.81. The van der Waals surface area contributed by atoms with E-state index in [-0.39, 0.29) is 5.91 Å². The molecule has 4 N–H and O–H groups in total. The molecule has 1 saturated heterocycles. The Kier molecular flexibility index (Phi) is 5.34. The van der Waals surface area contributed by atoms with Crippen LogP contribution in [0.15, 0.2) is 30.3 Å². The monoisotopic (exact) mass is 338 g/mol. The lowest BCUT2D eigenvalue weighted by Crippen LogP contribution is -2.35. The Balaban J connectivity index is 1.68. The molecule has 1 aromatic heterocycles. The Labute approximate surface area is 149 Å². The van der Waals surface area contributed by atoms with Gasteiger partial charge in [-0.05, 0) is 75.0 Å². The van der Waals surface area contributed by atoms with E-state index in [1.165, 1.54) is 0 Å². The number of nitrogens with one attached hydrogen (secondary N) is 2. The lowest BCUT2D eigenvalue weighted by Gasteiger charge is -2.22. The second-order valence-corrected chi connectivity index (χ2v) is 6.81. The van der Waals surface area contributed by atoms with Crippen LogP contribution in [-0.4, -0.2) is 30.5 Å². The molecule has 3 rings (SSSR count). The van der Waals surface area contributed by atoms with Crippen molar-refractivity contribution in [3.8, 4) is 11.1 Å². The summed E-state index contributed by atoms with van der Waals surface area (Å²) in [6.45, 7) is 6.83. The number of aromatic nitrogens is 1. The maximum atomic E-state index is 12.4. The summed E-state index contributed by atoms with van der Waals surface area (Å²) >= 11 is 0. The Morgan fingerprint density at radius 1 is 1.24 bits per heavy atom. The Hall–Kier alpha value is -2.40. The molecule has 0 atom stereocenters. The van der Waals surface area contributed by atoms with Gasteiger partial charge in [-0.3, -0.25) is 4.79 Å². The van der Waals surface area contributed by atoms with Crippen LogP contribution in [0, 0.1) is 19.8 Å².